The van der Waals surface area contributed by atoms with Crippen LogP contribution < -0.4 is 0 Å². The van der Waals surface area contributed by atoms with Gasteiger partial charge in [-0.2, -0.15) is 0 Å². The quantitative estimate of drug-likeness (QED) is 0.838. The summed E-state index contributed by atoms with van der Waals surface area (Å²) >= 11 is 0. The van der Waals surface area contributed by atoms with E-state index in [1.165, 1.54) is 32.1 Å². The van der Waals surface area contributed by atoms with Crippen molar-refractivity contribution in [1.29, 1.82) is 0 Å². The van der Waals surface area contributed by atoms with Crippen molar-refractivity contribution in [2.45, 2.75) is 25.7 Å². The van der Waals surface area contributed by atoms with Crippen molar-refractivity contribution in [3.8, 4) is 0 Å². The van der Waals surface area contributed by atoms with Gasteiger partial charge in [-0.1, -0.05) is 0 Å². The predicted molar refractivity (Wildman–Crippen MR) is 78.6 cm³/mol. The number of hydrogen-bond donors (Lipinski definition) is 0. The van der Waals surface area contributed by atoms with E-state index in [-0.39, 0.29) is 5.91 Å². The van der Waals surface area contributed by atoms with Gasteiger partial charge in [0, 0.05) is 19.8 Å². The first-order valence-electron chi connectivity index (χ1n) is 7.27. The Labute approximate surface area is 121 Å². The fraction of sp³-hybridized carbons (Fsp3) is 0.667. The lowest BCUT2D eigenvalue weighted by atomic mass is 9.95. The van der Waals surface area contributed by atoms with E-state index in [1.54, 1.807) is 19.0 Å². The molecule has 20 heavy (non-hydrogen) atoms. The van der Waals surface area contributed by atoms with E-state index >= 15 is 0 Å². The lowest BCUT2D eigenvalue weighted by Gasteiger charge is -2.15. The third-order valence-electron chi connectivity index (χ3n) is 3.92. The number of nitrogens with zero attached hydrogens (tertiary/aromatic N) is 4. The first-order valence-corrected chi connectivity index (χ1v) is 7.27. The predicted octanol–water partition coefficient (Wildman–Crippen LogP) is 1.45. The minimum Gasteiger partial charge on any atom is -0.343 e. The Bertz CT molecular complexity index is 461. The van der Waals surface area contributed by atoms with E-state index < -0.39 is 0 Å². The fourth-order valence-corrected chi connectivity index (χ4v) is 2.66. The molecule has 0 aliphatic carbocycles. The van der Waals surface area contributed by atoms with Crippen molar-refractivity contribution in [2.24, 2.45) is 5.92 Å². The minimum atomic E-state index is -0.0609. The molecular weight excluding hydrogens is 252 g/mol. The van der Waals surface area contributed by atoms with Gasteiger partial charge in [-0.05, 0) is 57.8 Å². The molecule has 1 fully saturated rings. The van der Waals surface area contributed by atoms with E-state index in [0.717, 1.165) is 18.7 Å². The van der Waals surface area contributed by atoms with Crippen LogP contribution in [-0.2, 0) is 6.42 Å². The lowest BCUT2D eigenvalue weighted by molar-refractivity contribution is 0.0821. The number of carbonyl (C=O) groups is 1. The minimum absolute atomic E-state index is 0.0609. The van der Waals surface area contributed by atoms with Crippen LogP contribution in [0.15, 0.2) is 12.4 Å². The van der Waals surface area contributed by atoms with E-state index in [1.807, 2.05) is 6.07 Å². The zero-order valence-electron chi connectivity index (χ0n) is 12.7. The number of hydrogen-bond acceptors (Lipinski definition) is 4. The molecule has 0 saturated carbocycles. The van der Waals surface area contributed by atoms with Gasteiger partial charge in [0.1, 0.15) is 12.0 Å². The molecule has 1 aromatic heterocycles. The standard InChI is InChI=1S/C15H24N4O/c1-18(2)15(20)14-10-13(16-11-17-14)9-12-5-4-7-19(3)8-6-12/h10-12H,4-9H2,1-3H3/t12-/m1/s1. The van der Waals surface area contributed by atoms with E-state index in [0.29, 0.717) is 11.6 Å². The zero-order valence-corrected chi connectivity index (χ0v) is 12.7. The lowest BCUT2D eigenvalue weighted by Crippen LogP contribution is -2.23. The highest BCUT2D eigenvalue weighted by molar-refractivity contribution is 5.91. The molecule has 0 unspecified atom stereocenters. The highest BCUT2D eigenvalue weighted by Gasteiger charge is 2.17. The van der Waals surface area contributed by atoms with Gasteiger partial charge in [-0.3, -0.25) is 4.79 Å². The van der Waals surface area contributed by atoms with Gasteiger partial charge < -0.3 is 9.80 Å². The zero-order chi connectivity index (χ0) is 14.5. The van der Waals surface area contributed by atoms with Crippen LogP contribution in [0.25, 0.3) is 0 Å². The van der Waals surface area contributed by atoms with Gasteiger partial charge in [-0.15, -0.1) is 0 Å². The third-order valence-corrected chi connectivity index (χ3v) is 3.92. The van der Waals surface area contributed by atoms with Crippen LogP contribution >= 0.6 is 0 Å². The number of rotatable bonds is 3. The Morgan fingerprint density at radius 3 is 2.90 bits per heavy atom. The van der Waals surface area contributed by atoms with Crippen LogP contribution in [-0.4, -0.2) is 59.9 Å². The highest BCUT2D eigenvalue weighted by atomic mass is 16.2. The van der Waals surface area contributed by atoms with Crippen molar-refractivity contribution in [3.05, 3.63) is 23.8 Å². The fourth-order valence-electron chi connectivity index (χ4n) is 2.66. The molecule has 2 heterocycles. The molecule has 5 heteroatoms. The first-order chi connectivity index (χ1) is 9.56. The third kappa shape index (κ3) is 4.00. The normalized spacial score (nSPS) is 20.4. The number of aromatic nitrogens is 2. The molecule has 0 aromatic carbocycles. The summed E-state index contributed by atoms with van der Waals surface area (Å²) in [7, 11) is 5.66. The maximum atomic E-state index is 11.9. The molecule has 0 spiro atoms. The monoisotopic (exact) mass is 276 g/mol. The molecule has 5 nitrogen and oxygen atoms in total. The van der Waals surface area contributed by atoms with Crippen LogP contribution in [0.4, 0.5) is 0 Å². The summed E-state index contributed by atoms with van der Waals surface area (Å²) in [4.78, 5) is 24.3. The average molecular weight is 276 g/mol. The summed E-state index contributed by atoms with van der Waals surface area (Å²) in [6, 6.07) is 1.84. The number of amides is 1. The van der Waals surface area contributed by atoms with E-state index in [4.69, 9.17) is 0 Å². The van der Waals surface area contributed by atoms with Crippen LogP contribution in [0.3, 0.4) is 0 Å². The van der Waals surface area contributed by atoms with Gasteiger partial charge in [-0.25, -0.2) is 9.97 Å². The molecule has 1 aromatic rings. The van der Waals surface area contributed by atoms with Crippen LogP contribution in [0.5, 0.6) is 0 Å². The smallest absolute Gasteiger partial charge is 0.272 e. The Kier molecular flexibility index (Phi) is 5.06. The average Bonchev–Trinajstić information content (AvgIpc) is 2.63. The van der Waals surface area contributed by atoms with Crippen molar-refractivity contribution in [2.75, 3.05) is 34.2 Å². The maximum Gasteiger partial charge on any atom is 0.272 e. The second kappa shape index (κ2) is 6.79. The summed E-state index contributed by atoms with van der Waals surface area (Å²) in [5, 5.41) is 0. The van der Waals surface area contributed by atoms with Crippen molar-refractivity contribution < 1.29 is 4.79 Å². The largest absolute Gasteiger partial charge is 0.343 e. The van der Waals surface area contributed by atoms with Crippen molar-refractivity contribution >= 4 is 5.91 Å². The molecule has 1 saturated heterocycles. The van der Waals surface area contributed by atoms with E-state index in [9.17, 15) is 4.79 Å². The highest BCUT2D eigenvalue weighted by Crippen LogP contribution is 2.20. The SMILES string of the molecule is CN1CCC[C@@H](Cc2cc(C(=O)N(C)C)ncn2)CC1. The van der Waals surface area contributed by atoms with Crippen LogP contribution in [0.2, 0.25) is 0 Å². The molecule has 110 valence electrons. The van der Waals surface area contributed by atoms with Crippen LogP contribution in [0, 0.1) is 5.92 Å². The molecule has 1 aliphatic heterocycles. The second-order valence-corrected chi connectivity index (χ2v) is 5.90. The number of likely N-dealkylation sites (tertiary alicyclic amines) is 1. The van der Waals surface area contributed by atoms with Crippen LogP contribution in [0.1, 0.15) is 35.4 Å². The van der Waals surface area contributed by atoms with Crippen molar-refractivity contribution in [3.63, 3.8) is 0 Å². The summed E-state index contributed by atoms with van der Waals surface area (Å²) in [6.45, 7) is 2.34. The summed E-state index contributed by atoms with van der Waals surface area (Å²) < 4.78 is 0. The molecule has 2 rings (SSSR count). The molecule has 1 atom stereocenters. The van der Waals surface area contributed by atoms with E-state index in [2.05, 4.69) is 21.9 Å². The summed E-state index contributed by atoms with van der Waals surface area (Å²) in [5.41, 5.74) is 1.48. The molecule has 0 N–H and O–H groups in total. The Balaban J connectivity index is 2.02. The Hall–Kier alpha value is -1.49. The van der Waals surface area contributed by atoms with Gasteiger partial charge in [0.25, 0.3) is 5.91 Å². The molecule has 1 amide bonds. The summed E-state index contributed by atoms with van der Waals surface area (Å²) in [5.74, 6) is 0.603. The molecule has 0 radical (unpaired) electrons. The Morgan fingerprint density at radius 2 is 2.15 bits per heavy atom. The van der Waals surface area contributed by atoms with Gasteiger partial charge in [0.15, 0.2) is 0 Å². The maximum absolute atomic E-state index is 11.9. The molecule has 1 aliphatic rings. The first kappa shape index (κ1) is 14.9. The summed E-state index contributed by atoms with van der Waals surface area (Å²) in [6.07, 6.45) is 6.15. The number of carbonyl (C=O) groups excluding carboxylic acids is 1. The van der Waals surface area contributed by atoms with Gasteiger partial charge in [0.05, 0.1) is 0 Å². The Morgan fingerprint density at radius 1 is 1.35 bits per heavy atom. The van der Waals surface area contributed by atoms with Gasteiger partial charge >= 0.3 is 0 Å². The van der Waals surface area contributed by atoms with Gasteiger partial charge in [0.2, 0.25) is 0 Å². The topological polar surface area (TPSA) is 49.3 Å². The molecular formula is C15H24N4O. The van der Waals surface area contributed by atoms with Crippen molar-refractivity contribution in [1.82, 2.24) is 19.8 Å². The second-order valence-electron chi connectivity index (χ2n) is 5.90. The molecule has 0 bridgehead atoms.